The number of hydrogen-bond acceptors (Lipinski definition) is 6. The van der Waals surface area contributed by atoms with Gasteiger partial charge in [-0.1, -0.05) is 17.7 Å². The predicted octanol–water partition coefficient (Wildman–Crippen LogP) is 4.18. The zero-order chi connectivity index (χ0) is 28.8. The van der Waals surface area contributed by atoms with Gasteiger partial charge in [-0.25, -0.2) is 4.98 Å². The molecule has 2 aromatic rings. The lowest BCUT2D eigenvalue weighted by Crippen LogP contribution is -2.44. The Morgan fingerprint density at radius 1 is 1.12 bits per heavy atom. The molecule has 1 aliphatic carbocycles. The zero-order valence-corrected chi connectivity index (χ0v) is 24.6. The standard InChI is InChI=1S/C32H43N5O4/c1-22(2)34-31(38)25-9-11-27(12-10-25)37-28-20-30(41-16-4-13-36-14-17-40-18-15-36)33-21-26(28)19-29(37)35-32(39)24-7-5-23(3)6-8-24/h5-8,20-22,25,27H,4,9-19H2,1-3H3,(H,34,38). The van der Waals surface area contributed by atoms with Gasteiger partial charge in [0.2, 0.25) is 11.8 Å². The third-order valence-electron chi connectivity index (χ3n) is 8.19. The van der Waals surface area contributed by atoms with Gasteiger partial charge < -0.3 is 19.7 Å². The van der Waals surface area contributed by atoms with Crippen molar-refractivity contribution in [1.29, 1.82) is 0 Å². The number of aromatic nitrogens is 1. The molecule has 1 saturated carbocycles. The summed E-state index contributed by atoms with van der Waals surface area (Å²) in [5, 5.41) is 3.07. The summed E-state index contributed by atoms with van der Waals surface area (Å²) in [6.45, 7) is 11.1. The molecule has 0 atom stereocenters. The number of nitrogens with one attached hydrogen (secondary N) is 1. The van der Waals surface area contributed by atoms with Crippen molar-refractivity contribution in [2.45, 2.75) is 71.4 Å². The molecule has 1 aromatic carbocycles. The number of rotatable bonds is 9. The Labute approximate surface area is 243 Å². The Balaban J connectivity index is 1.31. The number of fused-ring (bicyclic) bond motifs is 1. The van der Waals surface area contributed by atoms with Gasteiger partial charge in [-0.3, -0.25) is 14.5 Å². The van der Waals surface area contributed by atoms with Crippen LogP contribution in [-0.4, -0.2) is 79.1 Å². The van der Waals surface area contributed by atoms with Crippen LogP contribution in [0.25, 0.3) is 0 Å². The fourth-order valence-corrected chi connectivity index (χ4v) is 5.96. The second-order valence-corrected chi connectivity index (χ2v) is 11.7. The molecule has 3 aliphatic rings. The second-order valence-electron chi connectivity index (χ2n) is 11.7. The van der Waals surface area contributed by atoms with Crippen molar-refractivity contribution >= 4 is 23.3 Å². The number of anilines is 1. The number of hydrogen-bond donors (Lipinski definition) is 1. The summed E-state index contributed by atoms with van der Waals surface area (Å²) >= 11 is 0. The van der Waals surface area contributed by atoms with Gasteiger partial charge in [0, 0.05) is 67.4 Å². The maximum Gasteiger partial charge on any atom is 0.278 e. The monoisotopic (exact) mass is 561 g/mol. The van der Waals surface area contributed by atoms with Crippen LogP contribution in [0.3, 0.4) is 0 Å². The van der Waals surface area contributed by atoms with Crippen molar-refractivity contribution in [2.24, 2.45) is 10.9 Å². The van der Waals surface area contributed by atoms with Gasteiger partial charge >= 0.3 is 0 Å². The van der Waals surface area contributed by atoms with Crippen LogP contribution in [0.2, 0.25) is 0 Å². The minimum Gasteiger partial charge on any atom is -0.478 e. The zero-order valence-electron chi connectivity index (χ0n) is 24.6. The SMILES string of the molecule is Cc1ccc(C(=O)N=C2Cc3cnc(OCCCN4CCOCC4)cc3N2C2CCC(C(=O)NC(C)C)CC2)cc1. The van der Waals surface area contributed by atoms with Gasteiger partial charge in [0.1, 0.15) is 5.84 Å². The Hall–Kier alpha value is -3.30. The number of pyridine rings is 1. The van der Waals surface area contributed by atoms with Crippen molar-refractivity contribution in [2.75, 3.05) is 44.4 Å². The molecule has 2 aliphatic heterocycles. The molecule has 1 aromatic heterocycles. The lowest BCUT2D eigenvalue weighted by molar-refractivity contribution is -0.126. The normalized spacial score (nSPS) is 22.1. The Morgan fingerprint density at radius 2 is 1.85 bits per heavy atom. The molecule has 5 rings (SSSR count). The van der Waals surface area contributed by atoms with Crippen LogP contribution in [0.5, 0.6) is 5.88 Å². The second kappa shape index (κ2) is 13.6. The largest absolute Gasteiger partial charge is 0.478 e. The number of amidine groups is 1. The summed E-state index contributed by atoms with van der Waals surface area (Å²) in [6.07, 6.45) is 6.65. The number of aryl methyl sites for hydroxylation is 1. The molecule has 0 spiro atoms. The van der Waals surface area contributed by atoms with E-state index in [1.807, 2.05) is 57.3 Å². The molecule has 0 bridgehead atoms. The highest BCUT2D eigenvalue weighted by Gasteiger charge is 2.36. The first-order valence-corrected chi connectivity index (χ1v) is 15.1. The number of amides is 2. The third kappa shape index (κ3) is 7.51. The van der Waals surface area contributed by atoms with Crippen LogP contribution in [0.15, 0.2) is 41.5 Å². The van der Waals surface area contributed by atoms with Crippen LogP contribution < -0.4 is 15.0 Å². The van der Waals surface area contributed by atoms with Gasteiger partial charge in [0.25, 0.3) is 5.91 Å². The molecule has 1 N–H and O–H groups in total. The Kier molecular flexibility index (Phi) is 9.67. The van der Waals surface area contributed by atoms with Gasteiger partial charge in [0.15, 0.2) is 0 Å². The van der Waals surface area contributed by atoms with Crippen LogP contribution in [0.1, 0.15) is 67.4 Å². The number of benzene rings is 1. The van der Waals surface area contributed by atoms with Crippen LogP contribution >= 0.6 is 0 Å². The molecule has 9 nitrogen and oxygen atoms in total. The van der Waals surface area contributed by atoms with Gasteiger partial charge in [0.05, 0.1) is 25.5 Å². The molecule has 1 saturated heterocycles. The summed E-state index contributed by atoms with van der Waals surface area (Å²) in [6, 6.07) is 9.82. The van der Waals surface area contributed by atoms with E-state index in [1.165, 1.54) is 0 Å². The fourth-order valence-electron chi connectivity index (χ4n) is 5.96. The smallest absolute Gasteiger partial charge is 0.278 e. The number of carbonyl (C=O) groups excluding carboxylic acids is 2. The predicted molar refractivity (Wildman–Crippen MR) is 160 cm³/mol. The first-order valence-electron chi connectivity index (χ1n) is 15.1. The van der Waals surface area contributed by atoms with Crippen molar-refractivity contribution in [3.05, 3.63) is 53.2 Å². The van der Waals surface area contributed by atoms with Crippen molar-refractivity contribution in [3.63, 3.8) is 0 Å². The number of morpholine rings is 1. The average Bonchev–Trinajstić information content (AvgIpc) is 3.33. The number of nitrogens with zero attached hydrogens (tertiary/aromatic N) is 4. The molecule has 41 heavy (non-hydrogen) atoms. The number of carbonyl (C=O) groups is 2. The molecule has 3 heterocycles. The maximum atomic E-state index is 13.2. The van der Waals surface area contributed by atoms with E-state index in [9.17, 15) is 9.59 Å². The highest BCUT2D eigenvalue weighted by molar-refractivity contribution is 6.12. The highest BCUT2D eigenvalue weighted by atomic mass is 16.5. The first-order chi connectivity index (χ1) is 19.9. The molecule has 2 fully saturated rings. The van der Waals surface area contributed by atoms with E-state index < -0.39 is 0 Å². The van der Waals surface area contributed by atoms with Crippen molar-refractivity contribution < 1.29 is 19.1 Å². The van der Waals surface area contributed by atoms with E-state index in [1.54, 1.807) is 0 Å². The Morgan fingerprint density at radius 3 is 2.56 bits per heavy atom. The first kappa shape index (κ1) is 29.2. The van der Waals surface area contributed by atoms with E-state index in [-0.39, 0.29) is 29.8 Å². The summed E-state index contributed by atoms with van der Waals surface area (Å²) < 4.78 is 11.5. The summed E-state index contributed by atoms with van der Waals surface area (Å²) in [4.78, 5) is 39.7. The number of ether oxygens (including phenoxy) is 2. The molecular weight excluding hydrogens is 518 g/mol. The summed E-state index contributed by atoms with van der Waals surface area (Å²) in [5.41, 5.74) is 3.73. The van der Waals surface area contributed by atoms with E-state index in [4.69, 9.17) is 9.47 Å². The molecular formula is C32H43N5O4. The van der Waals surface area contributed by atoms with E-state index in [0.29, 0.717) is 24.5 Å². The summed E-state index contributed by atoms with van der Waals surface area (Å²) in [7, 11) is 0. The fraction of sp³-hybridized carbons (Fsp3) is 0.562. The minimum atomic E-state index is -0.240. The van der Waals surface area contributed by atoms with Crippen molar-refractivity contribution in [1.82, 2.24) is 15.2 Å². The molecule has 220 valence electrons. The van der Waals surface area contributed by atoms with Gasteiger partial charge in [-0.15, -0.1) is 0 Å². The lowest BCUT2D eigenvalue weighted by Gasteiger charge is -2.36. The van der Waals surface area contributed by atoms with Crippen LogP contribution in [-0.2, 0) is 16.0 Å². The lowest BCUT2D eigenvalue weighted by atomic mass is 9.84. The highest BCUT2D eigenvalue weighted by Crippen LogP contribution is 2.38. The maximum absolute atomic E-state index is 13.2. The topological polar surface area (TPSA) is 96.4 Å². The van der Waals surface area contributed by atoms with E-state index in [0.717, 1.165) is 87.6 Å². The molecule has 2 amide bonds. The minimum absolute atomic E-state index is 0.0214. The summed E-state index contributed by atoms with van der Waals surface area (Å²) in [5.74, 6) is 1.25. The van der Waals surface area contributed by atoms with Gasteiger partial charge in [-0.05, 0) is 65.0 Å². The Bertz CT molecular complexity index is 1230. The molecule has 0 unspecified atom stereocenters. The van der Waals surface area contributed by atoms with Gasteiger partial charge in [-0.2, -0.15) is 4.99 Å². The number of aliphatic imine (C=N–C) groups is 1. The van der Waals surface area contributed by atoms with E-state index >= 15 is 0 Å². The molecule has 0 radical (unpaired) electrons. The quantitative estimate of drug-likeness (QED) is 0.459. The third-order valence-corrected chi connectivity index (χ3v) is 8.19. The average molecular weight is 562 g/mol. The van der Waals surface area contributed by atoms with Crippen LogP contribution in [0.4, 0.5) is 5.69 Å². The van der Waals surface area contributed by atoms with E-state index in [2.05, 4.69) is 25.1 Å². The molecule has 9 heteroatoms. The van der Waals surface area contributed by atoms with Crippen molar-refractivity contribution in [3.8, 4) is 5.88 Å². The van der Waals surface area contributed by atoms with Crippen LogP contribution in [0, 0.1) is 12.8 Å².